The largest absolute Gasteiger partial charge is 0.496 e. The second-order valence-electron chi connectivity index (χ2n) is 5.24. The SMILES string of the molecule is COc1ccc(NC2CCC(C(N)=O)CC2)c([N+](=O)[O-])c1. The summed E-state index contributed by atoms with van der Waals surface area (Å²) in [4.78, 5) is 21.8. The third-order valence-corrected chi connectivity index (χ3v) is 3.89. The fraction of sp³-hybridized carbons (Fsp3) is 0.500. The number of nitrogens with zero attached hydrogens (tertiary/aromatic N) is 1. The van der Waals surface area contributed by atoms with Gasteiger partial charge in [0.25, 0.3) is 5.69 Å². The zero-order chi connectivity index (χ0) is 15.4. The van der Waals surface area contributed by atoms with Crippen molar-refractivity contribution in [1.82, 2.24) is 0 Å². The molecule has 0 aliphatic heterocycles. The number of hydrogen-bond acceptors (Lipinski definition) is 5. The Balaban J connectivity index is 2.06. The van der Waals surface area contributed by atoms with Gasteiger partial charge in [0.05, 0.1) is 18.1 Å². The van der Waals surface area contributed by atoms with Crippen molar-refractivity contribution in [2.75, 3.05) is 12.4 Å². The molecule has 0 unspecified atom stereocenters. The normalized spacial score (nSPS) is 21.6. The molecule has 1 aliphatic carbocycles. The van der Waals surface area contributed by atoms with E-state index in [0.717, 1.165) is 25.7 Å². The molecule has 3 N–H and O–H groups in total. The summed E-state index contributed by atoms with van der Waals surface area (Å²) in [5, 5.41) is 14.3. The lowest BCUT2D eigenvalue weighted by Crippen LogP contribution is -2.32. The topological polar surface area (TPSA) is 107 Å². The molecule has 1 saturated carbocycles. The first kappa shape index (κ1) is 15.1. The quantitative estimate of drug-likeness (QED) is 0.638. The smallest absolute Gasteiger partial charge is 0.296 e. The number of benzene rings is 1. The van der Waals surface area contributed by atoms with Crippen LogP contribution in [0.15, 0.2) is 18.2 Å². The van der Waals surface area contributed by atoms with Crippen molar-refractivity contribution in [3.63, 3.8) is 0 Å². The zero-order valence-corrected chi connectivity index (χ0v) is 11.9. The highest BCUT2D eigenvalue weighted by Gasteiger charge is 2.26. The molecule has 1 fully saturated rings. The Labute approximate surface area is 122 Å². The lowest BCUT2D eigenvalue weighted by molar-refractivity contribution is -0.384. The molecule has 1 amide bonds. The van der Waals surface area contributed by atoms with Crippen LogP contribution in [0.1, 0.15) is 25.7 Å². The molecule has 7 nitrogen and oxygen atoms in total. The van der Waals surface area contributed by atoms with Crippen LogP contribution in [0.5, 0.6) is 5.75 Å². The van der Waals surface area contributed by atoms with Crippen molar-refractivity contribution in [3.05, 3.63) is 28.3 Å². The van der Waals surface area contributed by atoms with Gasteiger partial charge in [0, 0.05) is 12.0 Å². The van der Waals surface area contributed by atoms with E-state index < -0.39 is 4.92 Å². The van der Waals surface area contributed by atoms with Gasteiger partial charge in [-0.2, -0.15) is 0 Å². The second-order valence-corrected chi connectivity index (χ2v) is 5.24. The highest BCUT2D eigenvalue weighted by atomic mass is 16.6. The molecule has 1 aliphatic rings. The van der Waals surface area contributed by atoms with E-state index in [-0.39, 0.29) is 23.6 Å². The molecule has 0 aromatic heterocycles. The van der Waals surface area contributed by atoms with Gasteiger partial charge in [-0.25, -0.2) is 0 Å². The molecule has 114 valence electrons. The minimum atomic E-state index is -0.431. The number of ether oxygens (including phenoxy) is 1. The summed E-state index contributed by atoms with van der Waals surface area (Å²) in [5.74, 6) is 0.113. The maximum Gasteiger partial charge on any atom is 0.296 e. The Hall–Kier alpha value is -2.31. The number of primary amides is 1. The first-order chi connectivity index (χ1) is 10.0. The number of rotatable bonds is 5. The van der Waals surface area contributed by atoms with Gasteiger partial charge in [-0.1, -0.05) is 0 Å². The van der Waals surface area contributed by atoms with Gasteiger partial charge in [-0.05, 0) is 37.8 Å². The average Bonchev–Trinajstić information content (AvgIpc) is 2.48. The number of nitrogens with two attached hydrogens (primary N) is 1. The monoisotopic (exact) mass is 293 g/mol. The Morgan fingerprint density at radius 2 is 2.05 bits per heavy atom. The first-order valence-corrected chi connectivity index (χ1v) is 6.89. The number of methoxy groups -OCH3 is 1. The van der Waals surface area contributed by atoms with Gasteiger partial charge in [0.1, 0.15) is 11.4 Å². The molecule has 0 heterocycles. The van der Waals surface area contributed by atoms with Crippen LogP contribution in [-0.4, -0.2) is 24.0 Å². The number of anilines is 1. The number of hydrogen-bond donors (Lipinski definition) is 2. The summed E-state index contributed by atoms with van der Waals surface area (Å²) in [5.41, 5.74) is 5.77. The first-order valence-electron chi connectivity index (χ1n) is 6.89. The van der Waals surface area contributed by atoms with Gasteiger partial charge < -0.3 is 15.8 Å². The van der Waals surface area contributed by atoms with E-state index in [2.05, 4.69) is 5.32 Å². The number of carbonyl (C=O) groups is 1. The van der Waals surface area contributed by atoms with Crippen LogP contribution in [0.4, 0.5) is 11.4 Å². The lowest BCUT2D eigenvalue weighted by atomic mass is 9.85. The fourth-order valence-electron chi connectivity index (χ4n) is 2.65. The molecular weight excluding hydrogens is 274 g/mol. The molecule has 0 bridgehead atoms. The van der Waals surface area contributed by atoms with Crippen LogP contribution in [0.3, 0.4) is 0 Å². The summed E-state index contributed by atoms with van der Waals surface area (Å²) >= 11 is 0. The van der Waals surface area contributed by atoms with E-state index in [9.17, 15) is 14.9 Å². The van der Waals surface area contributed by atoms with E-state index in [1.54, 1.807) is 12.1 Å². The van der Waals surface area contributed by atoms with E-state index in [0.29, 0.717) is 11.4 Å². The summed E-state index contributed by atoms with van der Waals surface area (Å²) in [6.07, 6.45) is 2.99. The Bertz CT molecular complexity index is 539. The fourth-order valence-corrected chi connectivity index (χ4v) is 2.65. The second kappa shape index (κ2) is 6.43. The molecular formula is C14H19N3O4. The van der Waals surface area contributed by atoms with Gasteiger partial charge in [-0.3, -0.25) is 14.9 Å². The Morgan fingerprint density at radius 3 is 2.57 bits per heavy atom. The van der Waals surface area contributed by atoms with Crippen molar-refractivity contribution in [1.29, 1.82) is 0 Å². The van der Waals surface area contributed by atoms with Crippen molar-refractivity contribution in [3.8, 4) is 5.75 Å². The van der Waals surface area contributed by atoms with Gasteiger partial charge >= 0.3 is 0 Å². The summed E-state index contributed by atoms with van der Waals surface area (Å²) in [6, 6.07) is 4.85. The Kier molecular flexibility index (Phi) is 4.62. The molecule has 2 rings (SSSR count). The third-order valence-electron chi connectivity index (χ3n) is 3.89. The summed E-state index contributed by atoms with van der Waals surface area (Å²) in [6.45, 7) is 0. The molecule has 1 aromatic carbocycles. The number of carbonyl (C=O) groups excluding carboxylic acids is 1. The minimum Gasteiger partial charge on any atom is -0.496 e. The maximum absolute atomic E-state index is 11.1. The number of nitrogens with one attached hydrogen (secondary N) is 1. The number of amides is 1. The molecule has 0 atom stereocenters. The van der Waals surface area contributed by atoms with Gasteiger partial charge in [-0.15, -0.1) is 0 Å². The van der Waals surface area contributed by atoms with E-state index in [4.69, 9.17) is 10.5 Å². The molecule has 7 heteroatoms. The van der Waals surface area contributed by atoms with Crippen molar-refractivity contribution >= 4 is 17.3 Å². The summed E-state index contributed by atoms with van der Waals surface area (Å²) < 4.78 is 5.01. The molecule has 21 heavy (non-hydrogen) atoms. The van der Waals surface area contributed by atoms with E-state index in [1.807, 2.05) is 0 Å². The van der Waals surface area contributed by atoms with Crippen LogP contribution in [0.25, 0.3) is 0 Å². The van der Waals surface area contributed by atoms with Crippen LogP contribution >= 0.6 is 0 Å². The average molecular weight is 293 g/mol. The lowest BCUT2D eigenvalue weighted by Gasteiger charge is -2.28. The van der Waals surface area contributed by atoms with E-state index >= 15 is 0 Å². The molecule has 0 spiro atoms. The van der Waals surface area contributed by atoms with E-state index in [1.165, 1.54) is 13.2 Å². The molecule has 0 radical (unpaired) electrons. The van der Waals surface area contributed by atoms with Crippen molar-refractivity contribution < 1.29 is 14.5 Å². The predicted molar refractivity (Wildman–Crippen MR) is 78.2 cm³/mol. The third kappa shape index (κ3) is 3.62. The van der Waals surface area contributed by atoms with Crippen molar-refractivity contribution in [2.45, 2.75) is 31.7 Å². The zero-order valence-electron chi connectivity index (χ0n) is 11.9. The van der Waals surface area contributed by atoms with Crippen LogP contribution in [0.2, 0.25) is 0 Å². The minimum absolute atomic E-state index is 0.00799. The summed E-state index contributed by atoms with van der Waals surface area (Å²) in [7, 11) is 1.47. The predicted octanol–water partition coefficient (Wildman–Crippen LogP) is 2.06. The van der Waals surface area contributed by atoms with Crippen LogP contribution < -0.4 is 15.8 Å². The maximum atomic E-state index is 11.1. The van der Waals surface area contributed by atoms with Gasteiger partial charge in [0.15, 0.2) is 0 Å². The van der Waals surface area contributed by atoms with Crippen molar-refractivity contribution in [2.24, 2.45) is 11.7 Å². The standard InChI is InChI=1S/C14H19N3O4/c1-21-11-6-7-12(13(8-11)17(19)20)16-10-4-2-9(3-5-10)14(15)18/h6-10,16H,2-5H2,1H3,(H2,15,18). The van der Waals surface area contributed by atoms with Crippen LogP contribution in [0, 0.1) is 16.0 Å². The molecule has 1 aromatic rings. The number of nitro groups is 1. The van der Waals surface area contributed by atoms with Crippen LogP contribution in [-0.2, 0) is 4.79 Å². The van der Waals surface area contributed by atoms with Gasteiger partial charge in [0.2, 0.25) is 5.91 Å². The highest BCUT2D eigenvalue weighted by Crippen LogP contribution is 2.32. The highest BCUT2D eigenvalue weighted by molar-refractivity contribution is 5.76. The Morgan fingerprint density at radius 1 is 1.38 bits per heavy atom. The number of nitro benzene ring substituents is 1. The molecule has 0 saturated heterocycles.